The molecule has 0 aliphatic carbocycles. The number of guanidine groups is 1. The first-order chi connectivity index (χ1) is 11.9. The number of likely N-dealkylation sites (N-methyl/N-ethyl adjacent to an activating group) is 1. The molecule has 1 heterocycles. The van der Waals surface area contributed by atoms with E-state index in [-0.39, 0.29) is 24.0 Å². The van der Waals surface area contributed by atoms with E-state index >= 15 is 0 Å². The maximum Gasteiger partial charge on any atom is 0.191 e. The second-order valence-corrected chi connectivity index (χ2v) is 7.52. The van der Waals surface area contributed by atoms with Crippen LogP contribution in [0.5, 0.6) is 0 Å². The zero-order chi connectivity index (χ0) is 18.4. The molecule has 0 bridgehead atoms. The number of aliphatic imine (C=N–C) groups is 1. The summed E-state index contributed by atoms with van der Waals surface area (Å²) in [7, 11) is 3.98. The molecule has 0 spiro atoms. The first-order valence-corrected chi connectivity index (χ1v) is 9.41. The monoisotopic (exact) mass is 473 g/mol. The van der Waals surface area contributed by atoms with E-state index in [1.54, 1.807) is 0 Å². The van der Waals surface area contributed by atoms with Crippen LogP contribution in [0.2, 0.25) is 0 Å². The Labute approximate surface area is 176 Å². The summed E-state index contributed by atoms with van der Waals surface area (Å²) in [6.07, 6.45) is 0. The van der Waals surface area contributed by atoms with Crippen LogP contribution >= 0.6 is 24.0 Å². The fraction of sp³-hybridized carbons (Fsp3) is 0.650. The third-order valence-electron chi connectivity index (χ3n) is 5.31. The van der Waals surface area contributed by atoms with Crippen molar-refractivity contribution in [2.75, 3.05) is 38.6 Å². The number of anilines is 1. The Morgan fingerprint density at radius 2 is 1.88 bits per heavy atom. The van der Waals surface area contributed by atoms with Gasteiger partial charge in [-0.15, -0.1) is 24.0 Å². The highest BCUT2D eigenvalue weighted by Crippen LogP contribution is 2.18. The van der Waals surface area contributed by atoms with E-state index in [1.807, 2.05) is 7.05 Å². The van der Waals surface area contributed by atoms with Crippen molar-refractivity contribution >= 4 is 35.6 Å². The molecule has 2 N–H and O–H groups in total. The van der Waals surface area contributed by atoms with Crippen molar-refractivity contribution in [1.29, 1.82) is 0 Å². The smallest absolute Gasteiger partial charge is 0.191 e. The number of halogens is 1. The summed E-state index contributed by atoms with van der Waals surface area (Å²) >= 11 is 0. The van der Waals surface area contributed by atoms with Gasteiger partial charge < -0.3 is 15.5 Å². The second kappa shape index (κ2) is 11.0. The SMILES string of the molecule is CN=C(NCC(C)N(C)c1ccccc1)NC1CN(C(C)C)CC1C.I. The second-order valence-electron chi connectivity index (χ2n) is 7.52. The van der Waals surface area contributed by atoms with Crippen LogP contribution in [0.3, 0.4) is 0 Å². The summed E-state index contributed by atoms with van der Waals surface area (Å²) in [5, 5.41) is 7.10. The molecule has 1 aromatic carbocycles. The molecule has 1 fully saturated rings. The van der Waals surface area contributed by atoms with Crippen molar-refractivity contribution in [1.82, 2.24) is 15.5 Å². The standard InChI is InChI=1S/C20H35N5.HI/c1-15(2)25-13-16(3)19(14-25)23-20(21-5)22-12-17(4)24(6)18-10-8-7-9-11-18;/h7-11,15-17,19H,12-14H2,1-6H3,(H2,21,22,23);1H. The summed E-state index contributed by atoms with van der Waals surface area (Å²) in [5.41, 5.74) is 1.23. The van der Waals surface area contributed by atoms with E-state index in [0.717, 1.165) is 25.6 Å². The molecule has 2 rings (SSSR count). The van der Waals surface area contributed by atoms with Gasteiger partial charge in [0, 0.05) is 57.5 Å². The topological polar surface area (TPSA) is 42.9 Å². The van der Waals surface area contributed by atoms with Crippen LogP contribution in [-0.2, 0) is 0 Å². The third-order valence-corrected chi connectivity index (χ3v) is 5.31. The van der Waals surface area contributed by atoms with Crippen molar-refractivity contribution in [3.05, 3.63) is 30.3 Å². The van der Waals surface area contributed by atoms with Gasteiger partial charge in [-0.1, -0.05) is 25.1 Å². The van der Waals surface area contributed by atoms with Crippen LogP contribution in [0, 0.1) is 5.92 Å². The van der Waals surface area contributed by atoms with E-state index in [9.17, 15) is 0 Å². The van der Waals surface area contributed by atoms with Crippen molar-refractivity contribution in [3.63, 3.8) is 0 Å². The van der Waals surface area contributed by atoms with Crippen LogP contribution in [0.1, 0.15) is 27.7 Å². The first kappa shape index (κ1) is 23.0. The molecular formula is C20H36IN5. The van der Waals surface area contributed by atoms with E-state index < -0.39 is 0 Å². The lowest BCUT2D eigenvalue weighted by atomic mass is 10.1. The van der Waals surface area contributed by atoms with Gasteiger partial charge >= 0.3 is 0 Å². The fourth-order valence-electron chi connectivity index (χ4n) is 3.28. The van der Waals surface area contributed by atoms with Gasteiger partial charge in [-0.3, -0.25) is 9.89 Å². The summed E-state index contributed by atoms with van der Waals surface area (Å²) in [6.45, 7) is 12.2. The van der Waals surface area contributed by atoms with Gasteiger partial charge in [-0.2, -0.15) is 0 Å². The Hall–Kier alpha value is -1.02. The zero-order valence-electron chi connectivity index (χ0n) is 17.1. The van der Waals surface area contributed by atoms with Gasteiger partial charge in [-0.25, -0.2) is 0 Å². The summed E-state index contributed by atoms with van der Waals surface area (Å²) < 4.78 is 0. The molecule has 1 aliphatic heterocycles. The lowest BCUT2D eigenvalue weighted by Crippen LogP contribution is -2.50. The van der Waals surface area contributed by atoms with E-state index in [1.165, 1.54) is 5.69 Å². The molecule has 1 aliphatic rings. The molecule has 6 heteroatoms. The first-order valence-electron chi connectivity index (χ1n) is 9.41. The summed E-state index contributed by atoms with van der Waals surface area (Å²) in [5.74, 6) is 1.53. The average Bonchev–Trinajstić information content (AvgIpc) is 2.99. The normalized spacial score (nSPS) is 22.0. The number of rotatable bonds is 6. The van der Waals surface area contributed by atoms with Crippen molar-refractivity contribution in [2.24, 2.45) is 10.9 Å². The molecule has 1 saturated heterocycles. The Bertz CT molecular complexity index is 548. The van der Waals surface area contributed by atoms with Gasteiger partial charge in [-0.05, 0) is 38.8 Å². The molecule has 1 aromatic rings. The number of hydrogen-bond acceptors (Lipinski definition) is 3. The lowest BCUT2D eigenvalue weighted by Gasteiger charge is -2.28. The van der Waals surface area contributed by atoms with Gasteiger partial charge in [0.05, 0.1) is 0 Å². The van der Waals surface area contributed by atoms with E-state index in [2.05, 4.69) is 90.5 Å². The maximum atomic E-state index is 4.42. The zero-order valence-corrected chi connectivity index (χ0v) is 19.4. The van der Waals surface area contributed by atoms with E-state index in [0.29, 0.717) is 24.0 Å². The molecule has 0 aromatic heterocycles. The quantitative estimate of drug-likeness (QED) is 0.379. The maximum absolute atomic E-state index is 4.42. The van der Waals surface area contributed by atoms with Gasteiger partial charge in [0.15, 0.2) is 5.96 Å². The van der Waals surface area contributed by atoms with E-state index in [4.69, 9.17) is 0 Å². The number of nitrogens with zero attached hydrogens (tertiary/aromatic N) is 3. The average molecular weight is 473 g/mol. The number of nitrogens with one attached hydrogen (secondary N) is 2. The van der Waals surface area contributed by atoms with Gasteiger partial charge in [0.2, 0.25) is 0 Å². The minimum Gasteiger partial charge on any atom is -0.370 e. The van der Waals surface area contributed by atoms with Crippen LogP contribution in [0.4, 0.5) is 5.69 Å². The minimum atomic E-state index is 0. The van der Waals surface area contributed by atoms with Crippen molar-refractivity contribution < 1.29 is 0 Å². The fourth-order valence-corrected chi connectivity index (χ4v) is 3.28. The molecule has 0 saturated carbocycles. The molecule has 0 radical (unpaired) electrons. The summed E-state index contributed by atoms with van der Waals surface area (Å²) in [4.78, 5) is 9.24. The van der Waals surface area contributed by atoms with Crippen LogP contribution in [0.15, 0.2) is 35.3 Å². The third kappa shape index (κ3) is 6.30. The molecule has 5 nitrogen and oxygen atoms in total. The highest BCUT2D eigenvalue weighted by molar-refractivity contribution is 14.0. The Balaban J connectivity index is 0.00000338. The number of benzene rings is 1. The molecule has 148 valence electrons. The molecule has 3 unspecified atom stereocenters. The van der Waals surface area contributed by atoms with Crippen molar-refractivity contribution in [2.45, 2.75) is 45.8 Å². The molecule has 3 atom stereocenters. The van der Waals surface area contributed by atoms with Crippen LogP contribution < -0.4 is 15.5 Å². The Kier molecular flexibility index (Phi) is 9.71. The largest absolute Gasteiger partial charge is 0.370 e. The highest BCUT2D eigenvalue weighted by atomic mass is 127. The minimum absolute atomic E-state index is 0. The van der Waals surface area contributed by atoms with Crippen molar-refractivity contribution in [3.8, 4) is 0 Å². The van der Waals surface area contributed by atoms with Crippen LogP contribution in [-0.4, -0.2) is 62.7 Å². The predicted octanol–water partition coefficient (Wildman–Crippen LogP) is 3.02. The summed E-state index contributed by atoms with van der Waals surface area (Å²) in [6, 6.07) is 11.9. The number of likely N-dealkylation sites (tertiary alicyclic amines) is 1. The van der Waals surface area contributed by atoms with Gasteiger partial charge in [0.25, 0.3) is 0 Å². The van der Waals surface area contributed by atoms with Crippen LogP contribution in [0.25, 0.3) is 0 Å². The molecule has 0 amide bonds. The van der Waals surface area contributed by atoms with Gasteiger partial charge in [0.1, 0.15) is 0 Å². The highest BCUT2D eigenvalue weighted by Gasteiger charge is 2.31. The number of hydrogen-bond donors (Lipinski definition) is 2. The Morgan fingerprint density at radius 1 is 1.23 bits per heavy atom. The lowest BCUT2D eigenvalue weighted by molar-refractivity contribution is 0.265. The molecular weight excluding hydrogens is 437 g/mol. The Morgan fingerprint density at radius 3 is 2.42 bits per heavy atom. The predicted molar refractivity (Wildman–Crippen MR) is 124 cm³/mol. The number of para-hydroxylation sites is 1. The molecule has 26 heavy (non-hydrogen) atoms.